The van der Waals surface area contributed by atoms with Gasteiger partial charge < -0.3 is 14.2 Å². The minimum atomic E-state index is -0.378. The van der Waals surface area contributed by atoms with Crippen molar-refractivity contribution in [1.29, 1.82) is 0 Å². The van der Waals surface area contributed by atoms with Crippen molar-refractivity contribution in [1.82, 2.24) is 0 Å². The summed E-state index contributed by atoms with van der Waals surface area (Å²) in [5.74, 6) is 0.229. The minimum absolute atomic E-state index is 0.160. The highest BCUT2D eigenvalue weighted by molar-refractivity contribution is 5.86. The van der Waals surface area contributed by atoms with Crippen LogP contribution in [0.25, 0.3) is 0 Å². The first kappa shape index (κ1) is 15.7. The summed E-state index contributed by atoms with van der Waals surface area (Å²) in [6.07, 6.45) is 0. The van der Waals surface area contributed by atoms with Crippen LogP contribution < -0.4 is 0 Å². The summed E-state index contributed by atoms with van der Waals surface area (Å²) in [4.78, 5) is 11.2. The van der Waals surface area contributed by atoms with E-state index in [1.807, 2.05) is 13.8 Å². The van der Waals surface area contributed by atoms with Gasteiger partial charge in [-0.1, -0.05) is 27.0 Å². The van der Waals surface area contributed by atoms with Gasteiger partial charge in [-0.3, -0.25) is 0 Å². The number of hydrogen-bond acceptors (Lipinski definition) is 4. The van der Waals surface area contributed by atoms with E-state index in [9.17, 15) is 4.79 Å². The Labute approximate surface area is 103 Å². The van der Waals surface area contributed by atoms with Gasteiger partial charge in [-0.15, -0.1) is 0 Å². The Hall–Kier alpha value is -1.29. The summed E-state index contributed by atoms with van der Waals surface area (Å²) in [5.41, 5.74) is 0.135. The maximum Gasteiger partial charge on any atom is 0.333 e. The Kier molecular flexibility index (Phi) is 6.58. The molecular formula is C13H22O4. The number of rotatable bonds is 8. The van der Waals surface area contributed by atoms with Crippen molar-refractivity contribution in [3.8, 4) is 0 Å². The molecule has 0 heterocycles. The van der Waals surface area contributed by atoms with Crippen LogP contribution in [0.15, 0.2) is 24.5 Å². The van der Waals surface area contributed by atoms with E-state index in [4.69, 9.17) is 14.2 Å². The molecule has 0 saturated heterocycles. The van der Waals surface area contributed by atoms with Gasteiger partial charge in [0, 0.05) is 11.0 Å². The van der Waals surface area contributed by atoms with Crippen LogP contribution in [0.5, 0.6) is 0 Å². The topological polar surface area (TPSA) is 44.8 Å². The highest BCUT2D eigenvalue weighted by Crippen LogP contribution is 2.16. The molecular weight excluding hydrogens is 220 g/mol. The van der Waals surface area contributed by atoms with Crippen molar-refractivity contribution in [3.05, 3.63) is 24.5 Å². The molecule has 0 bridgehead atoms. The maximum atomic E-state index is 11.2. The lowest BCUT2D eigenvalue weighted by Crippen LogP contribution is -2.27. The van der Waals surface area contributed by atoms with Crippen LogP contribution in [0.3, 0.4) is 0 Å². The number of ether oxygens (including phenoxy) is 3. The molecule has 17 heavy (non-hydrogen) atoms. The molecule has 0 amide bonds. The fourth-order valence-corrected chi connectivity index (χ4v) is 0.886. The third-order valence-corrected chi connectivity index (χ3v) is 1.82. The summed E-state index contributed by atoms with van der Waals surface area (Å²) in [7, 11) is 0. The molecule has 0 aliphatic carbocycles. The Balaban J connectivity index is 3.83. The molecule has 0 radical (unpaired) electrons. The Morgan fingerprint density at radius 1 is 1.12 bits per heavy atom. The molecule has 0 aliphatic heterocycles. The standard InChI is InChI=1S/C13H22O4/c1-10(2)12(14)16-8-13(5,6)7-15-9-17-11(3)4/h1,3,7-9H2,2,4-6H3. The van der Waals surface area contributed by atoms with Crippen LogP contribution >= 0.6 is 0 Å². The van der Waals surface area contributed by atoms with Gasteiger partial charge in [-0.25, -0.2) is 4.79 Å². The zero-order valence-corrected chi connectivity index (χ0v) is 11.2. The molecule has 0 aliphatic rings. The molecule has 4 nitrogen and oxygen atoms in total. The van der Waals surface area contributed by atoms with E-state index in [-0.39, 0.29) is 24.8 Å². The van der Waals surface area contributed by atoms with Crippen molar-refractivity contribution in [2.24, 2.45) is 5.41 Å². The maximum absolute atomic E-state index is 11.2. The zero-order valence-electron chi connectivity index (χ0n) is 11.2. The van der Waals surface area contributed by atoms with Gasteiger partial charge in [0.25, 0.3) is 0 Å². The SMILES string of the molecule is C=C(C)OCOCC(C)(C)COC(=O)C(=C)C. The molecule has 4 heteroatoms. The molecule has 0 N–H and O–H groups in total. The van der Waals surface area contributed by atoms with Crippen LogP contribution in [0, 0.1) is 5.41 Å². The second kappa shape index (κ2) is 7.12. The molecule has 0 atom stereocenters. The Bertz CT molecular complexity index is 292. The van der Waals surface area contributed by atoms with E-state index in [1.165, 1.54) is 0 Å². The van der Waals surface area contributed by atoms with E-state index >= 15 is 0 Å². The lowest BCUT2D eigenvalue weighted by molar-refractivity contribution is -0.144. The predicted octanol–water partition coefficient (Wildman–Crippen LogP) is 2.66. The molecule has 0 aromatic rings. The number of hydrogen-bond donors (Lipinski definition) is 0. The molecule has 0 aromatic heterocycles. The Morgan fingerprint density at radius 2 is 1.71 bits per heavy atom. The van der Waals surface area contributed by atoms with Crippen molar-refractivity contribution in [2.45, 2.75) is 27.7 Å². The van der Waals surface area contributed by atoms with Gasteiger partial charge in [0.15, 0.2) is 6.79 Å². The van der Waals surface area contributed by atoms with Crippen molar-refractivity contribution in [3.63, 3.8) is 0 Å². The number of carbonyl (C=O) groups excluding carboxylic acids is 1. The van der Waals surface area contributed by atoms with E-state index < -0.39 is 0 Å². The van der Waals surface area contributed by atoms with Crippen molar-refractivity contribution < 1.29 is 19.0 Å². The van der Waals surface area contributed by atoms with Crippen LogP contribution in [0.2, 0.25) is 0 Å². The van der Waals surface area contributed by atoms with E-state index in [0.29, 0.717) is 17.9 Å². The molecule has 0 aromatic carbocycles. The Morgan fingerprint density at radius 3 is 2.18 bits per heavy atom. The first-order valence-electron chi connectivity index (χ1n) is 5.43. The van der Waals surface area contributed by atoms with E-state index in [1.54, 1.807) is 13.8 Å². The van der Waals surface area contributed by atoms with Gasteiger partial charge in [-0.05, 0) is 13.8 Å². The number of allylic oxidation sites excluding steroid dienone is 1. The molecule has 0 spiro atoms. The van der Waals surface area contributed by atoms with Gasteiger partial charge in [0.1, 0.15) is 0 Å². The number of carbonyl (C=O) groups is 1. The summed E-state index contributed by atoms with van der Waals surface area (Å²) in [6.45, 7) is 15.2. The quantitative estimate of drug-likeness (QED) is 0.216. The summed E-state index contributed by atoms with van der Waals surface area (Å²) >= 11 is 0. The largest absolute Gasteiger partial charge is 0.473 e. The van der Waals surface area contributed by atoms with Crippen LogP contribution in [0.4, 0.5) is 0 Å². The average Bonchev–Trinajstić information content (AvgIpc) is 2.21. The molecule has 0 saturated carbocycles. The van der Waals surface area contributed by atoms with Gasteiger partial charge in [0.2, 0.25) is 0 Å². The monoisotopic (exact) mass is 242 g/mol. The van der Waals surface area contributed by atoms with Crippen molar-refractivity contribution >= 4 is 5.97 Å². The zero-order chi connectivity index (χ0) is 13.5. The highest BCUT2D eigenvalue weighted by Gasteiger charge is 2.21. The molecule has 0 rings (SSSR count). The average molecular weight is 242 g/mol. The molecule has 0 unspecified atom stereocenters. The minimum Gasteiger partial charge on any atom is -0.473 e. The van der Waals surface area contributed by atoms with Gasteiger partial charge >= 0.3 is 5.97 Å². The molecule has 98 valence electrons. The lowest BCUT2D eigenvalue weighted by Gasteiger charge is -2.23. The second-order valence-corrected chi connectivity index (χ2v) is 4.83. The predicted molar refractivity (Wildman–Crippen MR) is 66.3 cm³/mol. The third kappa shape index (κ3) is 8.51. The fraction of sp³-hybridized carbons (Fsp3) is 0.615. The first-order valence-corrected chi connectivity index (χ1v) is 5.43. The smallest absolute Gasteiger partial charge is 0.333 e. The fourth-order valence-electron chi connectivity index (χ4n) is 0.886. The van der Waals surface area contributed by atoms with Crippen LogP contribution in [-0.4, -0.2) is 26.0 Å². The first-order chi connectivity index (χ1) is 7.74. The van der Waals surface area contributed by atoms with E-state index in [0.717, 1.165) is 0 Å². The summed E-state index contributed by atoms with van der Waals surface area (Å²) in [5, 5.41) is 0. The lowest BCUT2D eigenvalue weighted by atomic mass is 9.96. The van der Waals surface area contributed by atoms with Crippen LogP contribution in [-0.2, 0) is 19.0 Å². The van der Waals surface area contributed by atoms with E-state index in [2.05, 4.69) is 13.2 Å². The summed E-state index contributed by atoms with van der Waals surface area (Å²) in [6, 6.07) is 0. The highest BCUT2D eigenvalue weighted by atomic mass is 16.7. The normalized spacial score (nSPS) is 10.8. The van der Waals surface area contributed by atoms with Gasteiger partial charge in [0.05, 0.1) is 19.0 Å². The number of esters is 1. The molecule has 0 fully saturated rings. The summed E-state index contributed by atoms with van der Waals surface area (Å²) < 4.78 is 15.4. The van der Waals surface area contributed by atoms with Crippen LogP contribution in [0.1, 0.15) is 27.7 Å². The van der Waals surface area contributed by atoms with Gasteiger partial charge in [-0.2, -0.15) is 0 Å². The van der Waals surface area contributed by atoms with Crippen molar-refractivity contribution in [2.75, 3.05) is 20.0 Å². The third-order valence-electron chi connectivity index (χ3n) is 1.82. The second-order valence-electron chi connectivity index (χ2n) is 4.83.